The predicted molar refractivity (Wildman–Crippen MR) is 603 cm³/mol. The highest BCUT2D eigenvalue weighted by Gasteiger charge is 2.62. The molecule has 4 nitrogen and oxygen atoms in total. The second-order valence-electron chi connectivity index (χ2n) is 40.4. The minimum atomic E-state index is -0.635. The average Bonchev–Trinajstić information content (AvgIpc) is 1.49. The zero-order valence-corrected chi connectivity index (χ0v) is 79.6. The van der Waals surface area contributed by atoms with Gasteiger partial charge in [0.1, 0.15) is 0 Å². The molecule has 146 heavy (non-hydrogen) atoms. The Bertz CT molecular complexity index is 9850. The Morgan fingerprint density at radius 1 is 0.110 bits per heavy atom. The lowest BCUT2D eigenvalue weighted by atomic mass is 9.52. The van der Waals surface area contributed by atoms with Gasteiger partial charge in [0.15, 0.2) is 0 Å². The summed E-state index contributed by atoms with van der Waals surface area (Å²) in [5, 5.41) is 10.0. The number of fused-ring (bicyclic) bond motifs is 44. The lowest BCUT2D eigenvalue weighted by Crippen LogP contribution is -2.43. The Labute approximate surface area is 844 Å². The third-order valence-corrected chi connectivity index (χ3v) is 34.0. The molecule has 0 aliphatic heterocycles. The standard InChI is InChI=1S/C74H46N2.C68H42N2/c1-3-21-47(22-4-1)49-41-43-53-51-25-9-17-37-65(51)75(69(53)45-49)67-39-19-35-63-71(67)55-27-7-11-29-57(55)73(63)59-31-13-15-33-61(59)74(62-34-16-14-32-60(62)73)58-30-12-8-28-56(58)72-64(74)36-20-40-68(72)76-66-38-18-10-26-52(66)54-44-42-50(46-70(54)76)48-23-5-2-6-24-48;1-2-20-43(21-3-1)44-40-41-62-50(42-44)47-24-8-17-37-61(47)70(62)64-39-19-34-58-66(64)49-26-5-10-28-52(49)68(58)55-31-13-11-29-53(55)67(54-30-12-14-32-56(54)68)51-27-9-4-25-48(51)65-57(67)33-18-38-63(65)69-59-35-15-6-22-45(59)46-23-7-16-36-60(46)69/h1-46H;1-42H. The normalized spacial score (nSPS) is 16.7. The van der Waals surface area contributed by atoms with Crippen LogP contribution in [0.1, 0.15) is 89.0 Å². The van der Waals surface area contributed by atoms with E-state index in [2.05, 4.69) is 552 Å². The number of para-hydroxylation sites is 5. The molecule has 676 valence electrons. The van der Waals surface area contributed by atoms with Crippen LogP contribution in [0, 0.1) is 0 Å². The highest BCUT2D eigenvalue weighted by atomic mass is 15.0. The van der Waals surface area contributed by atoms with Crippen LogP contribution in [0.3, 0.4) is 0 Å². The lowest BCUT2D eigenvalue weighted by Gasteiger charge is -2.48. The van der Waals surface area contributed by atoms with Crippen LogP contribution in [0.25, 0.3) is 188 Å². The van der Waals surface area contributed by atoms with Crippen molar-refractivity contribution in [2.45, 2.75) is 21.7 Å². The quantitative estimate of drug-likeness (QED) is 0.152. The number of rotatable bonds is 7. The van der Waals surface area contributed by atoms with Gasteiger partial charge in [-0.1, -0.05) is 455 Å². The summed E-state index contributed by atoms with van der Waals surface area (Å²) in [6.07, 6.45) is 0. The molecule has 6 aliphatic carbocycles. The van der Waals surface area contributed by atoms with E-state index in [1.54, 1.807) is 0 Å². The van der Waals surface area contributed by atoms with Gasteiger partial charge in [-0.05, 0) is 224 Å². The summed E-state index contributed by atoms with van der Waals surface area (Å²) in [5.74, 6) is 0. The molecule has 0 bridgehead atoms. The van der Waals surface area contributed by atoms with Gasteiger partial charge in [-0.2, -0.15) is 0 Å². The van der Waals surface area contributed by atoms with Crippen molar-refractivity contribution >= 4 is 87.2 Å². The van der Waals surface area contributed by atoms with Crippen LogP contribution in [-0.4, -0.2) is 18.3 Å². The molecule has 4 heterocycles. The summed E-state index contributed by atoms with van der Waals surface area (Å²) in [5.41, 5.74) is 50.6. The molecule has 4 spiro atoms. The molecule has 0 saturated heterocycles. The van der Waals surface area contributed by atoms with E-state index >= 15 is 0 Å². The fourth-order valence-electron chi connectivity index (χ4n) is 28.7. The van der Waals surface area contributed by atoms with Gasteiger partial charge in [0, 0.05) is 65.3 Å². The van der Waals surface area contributed by atoms with E-state index in [4.69, 9.17) is 0 Å². The predicted octanol–water partition coefficient (Wildman–Crippen LogP) is 34.8. The molecular weight excluding hydrogens is 1760 g/mol. The summed E-state index contributed by atoms with van der Waals surface area (Å²) in [4.78, 5) is 0. The van der Waals surface area contributed by atoms with E-state index in [1.165, 1.54) is 277 Å². The molecule has 27 aromatic rings. The zero-order valence-electron chi connectivity index (χ0n) is 79.6. The van der Waals surface area contributed by atoms with Crippen LogP contribution < -0.4 is 0 Å². The molecule has 23 aromatic carbocycles. The van der Waals surface area contributed by atoms with Crippen molar-refractivity contribution in [2.24, 2.45) is 0 Å². The van der Waals surface area contributed by atoms with Crippen molar-refractivity contribution in [3.05, 3.63) is 623 Å². The van der Waals surface area contributed by atoms with Crippen LogP contribution in [0.15, 0.2) is 534 Å². The molecule has 0 radical (unpaired) electrons. The molecular formula is C142H88N4. The zero-order chi connectivity index (χ0) is 95.4. The number of nitrogens with zero attached hydrogens (tertiary/aromatic N) is 4. The number of hydrogen-bond donors (Lipinski definition) is 0. The van der Waals surface area contributed by atoms with Gasteiger partial charge < -0.3 is 18.3 Å². The third kappa shape index (κ3) is 10.4. The SMILES string of the molecule is c1ccc(-c2ccc3c(c2)c2ccccc2n3-c2cccc3c2-c2ccccc2C32c3ccccc3C3(c4ccccc4-c4c(-n5c6ccccc6c6ccccc65)cccc43)c3ccccc32)cc1.c1ccc(-c2ccc3c4ccccc4n(-c4cccc5c4-c4ccccc4C54c5ccccc5C5(c6ccccc6-c6c(-n7c8ccccc8c8ccc(-c9ccccc9)cc87)cccc65)c5ccccc54)c3c2)cc1. The molecule has 4 aromatic heterocycles. The average molecular weight is 1850 g/mol. The number of aromatic nitrogens is 4. The molecule has 0 amide bonds. The number of benzene rings is 23. The molecule has 0 N–H and O–H groups in total. The van der Waals surface area contributed by atoms with Crippen molar-refractivity contribution in [2.75, 3.05) is 0 Å². The summed E-state index contributed by atoms with van der Waals surface area (Å²) in [6, 6.07) is 201. The van der Waals surface area contributed by atoms with Gasteiger partial charge in [0.25, 0.3) is 0 Å². The molecule has 0 atom stereocenters. The van der Waals surface area contributed by atoms with E-state index in [0.29, 0.717) is 0 Å². The van der Waals surface area contributed by atoms with E-state index in [0.717, 1.165) is 0 Å². The Morgan fingerprint density at radius 3 is 0.575 bits per heavy atom. The molecule has 0 fully saturated rings. The molecule has 4 heteroatoms. The van der Waals surface area contributed by atoms with Gasteiger partial charge in [-0.25, -0.2) is 0 Å². The van der Waals surface area contributed by atoms with Crippen molar-refractivity contribution in [1.82, 2.24) is 18.3 Å². The second-order valence-corrected chi connectivity index (χ2v) is 40.4. The van der Waals surface area contributed by atoms with E-state index in [-0.39, 0.29) is 0 Å². The molecule has 0 saturated carbocycles. The van der Waals surface area contributed by atoms with Crippen molar-refractivity contribution in [3.63, 3.8) is 0 Å². The first-order chi connectivity index (χ1) is 72.5. The Kier molecular flexibility index (Phi) is 16.9. The number of hydrogen-bond acceptors (Lipinski definition) is 0. The monoisotopic (exact) mass is 1850 g/mol. The van der Waals surface area contributed by atoms with Crippen molar-refractivity contribution < 1.29 is 0 Å². The van der Waals surface area contributed by atoms with Crippen LogP contribution >= 0.6 is 0 Å². The Hall–Kier alpha value is -18.7. The van der Waals surface area contributed by atoms with Crippen LogP contribution in [0.5, 0.6) is 0 Å². The molecule has 33 rings (SSSR count). The highest BCUT2D eigenvalue weighted by Crippen LogP contribution is 2.72. The minimum absolute atomic E-state index is 0.599. The first kappa shape index (κ1) is 81.0. The minimum Gasteiger partial charge on any atom is -0.309 e. The fraction of sp³-hybridized carbons (Fsp3) is 0.0282. The van der Waals surface area contributed by atoms with E-state index in [1.807, 2.05) is 0 Å². The third-order valence-electron chi connectivity index (χ3n) is 34.0. The van der Waals surface area contributed by atoms with Gasteiger partial charge >= 0.3 is 0 Å². The van der Waals surface area contributed by atoms with E-state index < -0.39 is 21.7 Å². The van der Waals surface area contributed by atoms with E-state index in [9.17, 15) is 0 Å². The maximum atomic E-state index is 2.55. The largest absolute Gasteiger partial charge is 0.309 e. The summed E-state index contributed by atoms with van der Waals surface area (Å²) < 4.78 is 10.2. The van der Waals surface area contributed by atoms with Crippen LogP contribution in [0.4, 0.5) is 0 Å². The van der Waals surface area contributed by atoms with Crippen molar-refractivity contribution in [1.29, 1.82) is 0 Å². The Balaban J connectivity index is 0.000000130. The maximum Gasteiger partial charge on any atom is 0.0720 e. The van der Waals surface area contributed by atoms with Gasteiger partial charge in [0.05, 0.1) is 88.5 Å². The van der Waals surface area contributed by atoms with Gasteiger partial charge in [-0.15, -0.1) is 0 Å². The summed E-state index contributed by atoms with van der Waals surface area (Å²) >= 11 is 0. The summed E-state index contributed by atoms with van der Waals surface area (Å²) in [7, 11) is 0. The maximum absolute atomic E-state index is 2.55. The lowest BCUT2D eigenvalue weighted by molar-refractivity contribution is 0.632. The van der Waals surface area contributed by atoms with Gasteiger partial charge in [-0.3, -0.25) is 0 Å². The smallest absolute Gasteiger partial charge is 0.0720 e. The fourth-order valence-corrected chi connectivity index (χ4v) is 28.7. The van der Waals surface area contributed by atoms with Crippen LogP contribution in [0.2, 0.25) is 0 Å². The van der Waals surface area contributed by atoms with Crippen molar-refractivity contribution in [3.8, 4) is 101 Å². The Morgan fingerprint density at radius 2 is 0.301 bits per heavy atom. The second kappa shape index (κ2) is 30.4. The van der Waals surface area contributed by atoms with Gasteiger partial charge in [0.2, 0.25) is 0 Å². The summed E-state index contributed by atoms with van der Waals surface area (Å²) in [6.45, 7) is 0. The topological polar surface area (TPSA) is 19.7 Å². The first-order valence-corrected chi connectivity index (χ1v) is 51.1. The molecule has 0 unspecified atom stereocenters. The first-order valence-electron chi connectivity index (χ1n) is 51.1. The molecule has 6 aliphatic rings. The highest BCUT2D eigenvalue weighted by molar-refractivity contribution is 6.16. The van der Waals surface area contributed by atoms with Crippen LogP contribution in [-0.2, 0) is 21.7 Å².